The lowest BCUT2D eigenvalue weighted by molar-refractivity contribution is -0.145. The van der Waals surface area contributed by atoms with E-state index in [0.717, 1.165) is 16.4 Å². The highest BCUT2D eigenvalue weighted by Gasteiger charge is 2.38. The largest absolute Gasteiger partial charge is 0.416 e. The maximum Gasteiger partial charge on any atom is 0.192 e. The summed E-state index contributed by atoms with van der Waals surface area (Å²) in [4.78, 5) is 0. The lowest BCUT2D eigenvalue weighted by Crippen LogP contribution is -2.43. The molecule has 140 valence electrons. The highest BCUT2D eigenvalue weighted by atomic mass is 127. The molecule has 0 fully saturated rings. The molecular formula is C19H35IO3Si. The summed E-state index contributed by atoms with van der Waals surface area (Å²) in [5, 5.41) is 0.220. The summed E-state index contributed by atoms with van der Waals surface area (Å²) in [5.41, 5.74) is 2.48. The van der Waals surface area contributed by atoms with Crippen molar-refractivity contribution in [3.8, 4) is 0 Å². The van der Waals surface area contributed by atoms with Crippen LogP contribution in [0.25, 0.3) is 0 Å². The first kappa shape index (κ1) is 22.3. The number of halogens is 1. The zero-order valence-corrected chi connectivity index (χ0v) is 19.6. The Morgan fingerprint density at radius 1 is 1.38 bits per heavy atom. The summed E-state index contributed by atoms with van der Waals surface area (Å²) < 4.78 is 19.1. The van der Waals surface area contributed by atoms with Gasteiger partial charge in [-0.3, -0.25) is 0 Å². The summed E-state index contributed by atoms with van der Waals surface area (Å²) >= 11 is 2.31. The summed E-state index contributed by atoms with van der Waals surface area (Å²) in [6.45, 7) is 21.3. The van der Waals surface area contributed by atoms with Crippen LogP contribution in [-0.2, 0) is 13.9 Å². The Kier molecular flexibility index (Phi) is 8.66. The lowest BCUT2D eigenvalue weighted by Gasteiger charge is -2.39. The van der Waals surface area contributed by atoms with Crippen molar-refractivity contribution in [3.63, 3.8) is 0 Å². The fraction of sp³-hybridized carbons (Fsp3) is 0.789. The third-order valence-electron chi connectivity index (χ3n) is 5.28. The molecule has 0 heterocycles. The van der Waals surface area contributed by atoms with E-state index in [-0.39, 0.29) is 23.4 Å². The minimum absolute atomic E-state index is 0.0213. The molecule has 1 rings (SSSR count). The van der Waals surface area contributed by atoms with Gasteiger partial charge in [-0.05, 0) is 44.0 Å². The second-order valence-electron chi connectivity index (χ2n) is 8.05. The van der Waals surface area contributed by atoms with Crippen LogP contribution in [0.5, 0.6) is 0 Å². The van der Waals surface area contributed by atoms with Gasteiger partial charge in [0.25, 0.3) is 0 Å². The third kappa shape index (κ3) is 5.94. The predicted molar refractivity (Wildman–Crippen MR) is 113 cm³/mol. The molecule has 0 bridgehead atoms. The maximum absolute atomic E-state index is 6.45. The van der Waals surface area contributed by atoms with Gasteiger partial charge in [0.05, 0.1) is 10.5 Å². The number of hydrogen-bond donors (Lipinski definition) is 0. The number of rotatable bonds is 8. The standard InChI is InChI=1S/C19H35IO3Si/c1-9-21-18(12-20)23-17-11-10-14(2)16(15(17)3)13-22-24(7,8)19(4,5)6/h10,16-18H,3,9,11-13H2,1-2,4-8H3/t16-,17-,18?/m0/s1. The van der Waals surface area contributed by atoms with Crippen LogP contribution in [0, 0.1) is 5.92 Å². The van der Waals surface area contributed by atoms with E-state index in [1.54, 1.807) is 0 Å². The minimum Gasteiger partial charge on any atom is -0.416 e. The zero-order chi connectivity index (χ0) is 18.5. The van der Waals surface area contributed by atoms with Crippen LogP contribution in [0.1, 0.15) is 41.0 Å². The van der Waals surface area contributed by atoms with Gasteiger partial charge in [0.2, 0.25) is 0 Å². The van der Waals surface area contributed by atoms with Crippen molar-refractivity contribution >= 4 is 30.9 Å². The monoisotopic (exact) mass is 466 g/mol. The molecule has 0 saturated heterocycles. The Morgan fingerprint density at radius 2 is 2.00 bits per heavy atom. The quantitative estimate of drug-likeness (QED) is 0.151. The van der Waals surface area contributed by atoms with Crippen LogP contribution in [-0.4, -0.2) is 38.4 Å². The van der Waals surface area contributed by atoms with Crippen molar-refractivity contribution < 1.29 is 13.9 Å². The van der Waals surface area contributed by atoms with Crippen LogP contribution in [0.3, 0.4) is 0 Å². The van der Waals surface area contributed by atoms with E-state index in [1.807, 2.05) is 6.92 Å². The molecule has 0 spiro atoms. The van der Waals surface area contributed by atoms with Gasteiger partial charge in [-0.25, -0.2) is 0 Å². The number of hydrogen-bond acceptors (Lipinski definition) is 3. The van der Waals surface area contributed by atoms with Gasteiger partial charge in [0.1, 0.15) is 0 Å². The van der Waals surface area contributed by atoms with E-state index >= 15 is 0 Å². The Balaban J connectivity index is 2.76. The molecule has 3 atom stereocenters. The van der Waals surface area contributed by atoms with E-state index in [9.17, 15) is 0 Å². The first-order chi connectivity index (χ1) is 11.0. The molecular weight excluding hydrogens is 431 g/mol. The van der Waals surface area contributed by atoms with E-state index in [2.05, 4.69) is 76.0 Å². The lowest BCUT2D eigenvalue weighted by atomic mass is 9.83. The molecule has 24 heavy (non-hydrogen) atoms. The van der Waals surface area contributed by atoms with Crippen LogP contribution < -0.4 is 0 Å². The predicted octanol–water partition coefficient (Wildman–Crippen LogP) is 5.71. The third-order valence-corrected chi connectivity index (χ3v) is 10.5. The van der Waals surface area contributed by atoms with Crippen LogP contribution in [0.2, 0.25) is 18.1 Å². The molecule has 0 N–H and O–H groups in total. The van der Waals surface area contributed by atoms with Crippen LogP contribution >= 0.6 is 22.6 Å². The van der Waals surface area contributed by atoms with Gasteiger partial charge < -0.3 is 13.9 Å². The van der Waals surface area contributed by atoms with E-state index in [1.165, 1.54) is 5.57 Å². The highest BCUT2D eigenvalue weighted by Crippen LogP contribution is 2.39. The highest BCUT2D eigenvalue weighted by molar-refractivity contribution is 14.1. The van der Waals surface area contributed by atoms with Crippen LogP contribution in [0.4, 0.5) is 0 Å². The van der Waals surface area contributed by atoms with Crippen molar-refractivity contribution in [2.24, 2.45) is 5.92 Å². The first-order valence-electron chi connectivity index (χ1n) is 8.85. The molecule has 0 aromatic rings. The summed E-state index contributed by atoms with van der Waals surface area (Å²) in [6.07, 6.45) is 3.01. The molecule has 0 aromatic carbocycles. The fourth-order valence-corrected chi connectivity index (χ4v) is 3.96. The van der Waals surface area contributed by atoms with Crippen molar-refractivity contribution in [2.45, 2.75) is 71.6 Å². The molecule has 0 radical (unpaired) electrons. The average molecular weight is 466 g/mol. The van der Waals surface area contributed by atoms with Crippen LogP contribution in [0.15, 0.2) is 23.8 Å². The fourth-order valence-electron chi connectivity index (χ4n) is 2.48. The van der Waals surface area contributed by atoms with E-state index < -0.39 is 8.32 Å². The molecule has 3 nitrogen and oxygen atoms in total. The molecule has 0 saturated carbocycles. The van der Waals surface area contributed by atoms with Gasteiger partial charge in [-0.15, -0.1) is 0 Å². The normalized spacial score (nSPS) is 24.0. The maximum atomic E-state index is 6.45. The second-order valence-corrected chi connectivity index (χ2v) is 13.7. The average Bonchev–Trinajstić information content (AvgIpc) is 2.47. The minimum atomic E-state index is -1.76. The van der Waals surface area contributed by atoms with Gasteiger partial charge in [0, 0.05) is 19.1 Å². The molecule has 1 unspecified atom stereocenters. The van der Waals surface area contributed by atoms with E-state index in [4.69, 9.17) is 13.9 Å². The van der Waals surface area contributed by atoms with Gasteiger partial charge >= 0.3 is 0 Å². The Labute approximate surface area is 163 Å². The van der Waals surface area contributed by atoms with Gasteiger partial charge in [0.15, 0.2) is 14.6 Å². The Hall–Kier alpha value is 0.307. The SMILES string of the molecule is C=C1[C@@H](CO[Si](C)(C)C(C)(C)C)C(C)=CC[C@@H]1OC(CI)OCC. The van der Waals surface area contributed by atoms with Crippen molar-refractivity contribution in [1.29, 1.82) is 0 Å². The molecule has 0 amide bonds. The number of alkyl halides is 1. The van der Waals surface area contributed by atoms with E-state index in [0.29, 0.717) is 13.2 Å². The Morgan fingerprint density at radius 3 is 2.50 bits per heavy atom. The topological polar surface area (TPSA) is 27.7 Å². The van der Waals surface area contributed by atoms with Gasteiger partial charge in [-0.2, -0.15) is 0 Å². The molecule has 0 aliphatic heterocycles. The second kappa shape index (κ2) is 9.30. The smallest absolute Gasteiger partial charge is 0.192 e. The molecule has 1 aliphatic carbocycles. The number of ether oxygens (including phenoxy) is 2. The van der Waals surface area contributed by atoms with Crippen molar-refractivity contribution in [2.75, 3.05) is 17.6 Å². The molecule has 5 heteroatoms. The molecule has 0 aromatic heterocycles. The molecule has 1 aliphatic rings. The van der Waals surface area contributed by atoms with Crippen molar-refractivity contribution in [1.82, 2.24) is 0 Å². The van der Waals surface area contributed by atoms with Gasteiger partial charge in [-0.1, -0.05) is 61.6 Å². The summed E-state index contributed by atoms with van der Waals surface area (Å²) in [5.74, 6) is 0.245. The summed E-state index contributed by atoms with van der Waals surface area (Å²) in [6, 6.07) is 0. The zero-order valence-electron chi connectivity index (χ0n) is 16.4. The first-order valence-corrected chi connectivity index (χ1v) is 13.3. The summed E-state index contributed by atoms with van der Waals surface area (Å²) in [7, 11) is -1.76. The Bertz CT molecular complexity index is 454. The van der Waals surface area contributed by atoms with Crippen molar-refractivity contribution in [3.05, 3.63) is 23.8 Å².